The van der Waals surface area contributed by atoms with Gasteiger partial charge in [0, 0.05) is 28.2 Å². The van der Waals surface area contributed by atoms with Crippen LogP contribution in [-0.2, 0) is 10.4 Å². The number of aromatic nitrogens is 1. The van der Waals surface area contributed by atoms with Crippen molar-refractivity contribution in [3.8, 4) is 16.2 Å². The number of carbonyl (C=O) groups excluding carboxylic acids is 1. The average molecular weight is 443 g/mol. The number of rotatable bonds is 8. The maximum Gasteiger partial charge on any atom is 0.244 e. The van der Waals surface area contributed by atoms with Crippen molar-refractivity contribution in [2.45, 2.75) is 19.4 Å². The van der Waals surface area contributed by atoms with E-state index in [0.717, 1.165) is 20.9 Å². The van der Waals surface area contributed by atoms with Gasteiger partial charge in [-0.25, -0.2) is 0 Å². The summed E-state index contributed by atoms with van der Waals surface area (Å²) in [5, 5.41) is 13.4. The van der Waals surface area contributed by atoms with E-state index in [2.05, 4.69) is 10.3 Å². The van der Waals surface area contributed by atoms with Crippen LogP contribution in [0.2, 0.25) is 5.02 Å². The summed E-state index contributed by atoms with van der Waals surface area (Å²) in [5.41, 5.74) is 0.950. The third kappa shape index (κ3) is 6.16. The Balaban J connectivity index is 1.50. The molecule has 2 aromatic heterocycles. The summed E-state index contributed by atoms with van der Waals surface area (Å²) in [4.78, 5) is 17.8. The molecule has 7 heteroatoms. The second-order valence-electron chi connectivity index (χ2n) is 7.13. The first kappa shape index (κ1) is 22.0. The molecule has 0 spiro atoms. The molecule has 0 atom stereocenters. The molecule has 2 heterocycles. The number of nitrogens with one attached hydrogen (secondary N) is 1. The van der Waals surface area contributed by atoms with E-state index >= 15 is 0 Å². The summed E-state index contributed by atoms with van der Waals surface area (Å²) in [6.45, 7) is 4.18. The van der Waals surface area contributed by atoms with Gasteiger partial charge < -0.3 is 15.2 Å². The highest BCUT2D eigenvalue weighted by Gasteiger charge is 2.19. The maximum atomic E-state index is 11.9. The number of benzene rings is 1. The number of hydrogen-bond donors (Lipinski definition) is 2. The van der Waals surface area contributed by atoms with Crippen LogP contribution < -0.4 is 10.1 Å². The molecule has 1 amide bonds. The fraction of sp³-hybridized carbons (Fsp3) is 0.217. The van der Waals surface area contributed by atoms with Crippen molar-refractivity contribution in [3.63, 3.8) is 0 Å². The summed E-state index contributed by atoms with van der Waals surface area (Å²) in [6.07, 6.45) is 6.52. The number of amides is 1. The smallest absolute Gasteiger partial charge is 0.244 e. The van der Waals surface area contributed by atoms with Gasteiger partial charge in [-0.15, -0.1) is 11.3 Å². The van der Waals surface area contributed by atoms with Crippen molar-refractivity contribution in [1.29, 1.82) is 0 Å². The monoisotopic (exact) mass is 442 g/mol. The lowest BCUT2D eigenvalue weighted by atomic mass is 10.1. The van der Waals surface area contributed by atoms with Crippen LogP contribution in [0, 0.1) is 0 Å². The van der Waals surface area contributed by atoms with Crippen LogP contribution in [0.15, 0.2) is 60.9 Å². The molecule has 0 saturated heterocycles. The van der Waals surface area contributed by atoms with Crippen molar-refractivity contribution in [3.05, 3.63) is 76.4 Å². The molecule has 0 aliphatic heterocycles. The third-order valence-electron chi connectivity index (χ3n) is 4.20. The first-order chi connectivity index (χ1) is 14.3. The first-order valence-corrected chi connectivity index (χ1v) is 10.6. The van der Waals surface area contributed by atoms with Gasteiger partial charge in [0.25, 0.3) is 0 Å². The molecule has 0 radical (unpaired) electrons. The average Bonchev–Trinajstić information content (AvgIpc) is 3.22. The molecule has 0 fully saturated rings. The number of hydrogen-bond acceptors (Lipinski definition) is 5. The molecule has 5 nitrogen and oxygen atoms in total. The van der Waals surface area contributed by atoms with Crippen LogP contribution in [0.4, 0.5) is 0 Å². The number of pyridine rings is 1. The molecule has 30 heavy (non-hydrogen) atoms. The van der Waals surface area contributed by atoms with E-state index in [1.54, 1.807) is 32.3 Å². The van der Waals surface area contributed by atoms with E-state index in [-0.39, 0.29) is 5.91 Å². The molecular formula is C23H23ClN2O3S. The highest BCUT2D eigenvalue weighted by atomic mass is 35.5. The minimum atomic E-state index is -0.868. The van der Waals surface area contributed by atoms with Gasteiger partial charge in [0.2, 0.25) is 5.91 Å². The lowest BCUT2D eigenvalue weighted by molar-refractivity contribution is -0.116. The van der Waals surface area contributed by atoms with Crippen LogP contribution in [-0.4, -0.2) is 29.1 Å². The van der Waals surface area contributed by atoms with E-state index in [1.807, 2.05) is 42.5 Å². The first-order valence-electron chi connectivity index (χ1n) is 9.44. The van der Waals surface area contributed by atoms with Crippen molar-refractivity contribution < 1.29 is 14.6 Å². The highest BCUT2D eigenvalue weighted by molar-refractivity contribution is 7.15. The van der Waals surface area contributed by atoms with Crippen LogP contribution >= 0.6 is 22.9 Å². The molecule has 0 saturated carbocycles. The van der Waals surface area contributed by atoms with Gasteiger partial charge in [0.05, 0.1) is 17.2 Å². The minimum Gasteiger partial charge on any atom is -0.490 e. The summed E-state index contributed by atoms with van der Waals surface area (Å²) in [6, 6.07) is 13.1. The van der Waals surface area contributed by atoms with Gasteiger partial charge in [-0.3, -0.25) is 9.78 Å². The SMILES string of the molecule is CC(C)(O)c1ccc(-c2ccc(OCCNC(=O)/C=C/c3cccnc3)c(Cl)c2)s1. The molecule has 1 aromatic carbocycles. The molecule has 156 valence electrons. The van der Waals surface area contributed by atoms with Crippen LogP contribution in [0.3, 0.4) is 0 Å². The summed E-state index contributed by atoms with van der Waals surface area (Å²) >= 11 is 7.89. The molecular weight excluding hydrogens is 420 g/mol. The molecule has 0 bridgehead atoms. The Hall–Kier alpha value is -2.67. The molecule has 2 N–H and O–H groups in total. The summed E-state index contributed by atoms with van der Waals surface area (Å²) in [7, 11) is 0. The molecule has 3 aromatic rings. The number of thiophene rings is 1. The van der Waals surface area contributed by atoms with Gasteiger partial charge in [0.15, 0.2) is 0 Å². The lowest BCUT2D eigenvalue weighted by Crippen LogP contribution is -2.26. The second-order valence-corrected chi connectivity index (χ2v) is 8.62. The Bertz CT molecular complexity index is 1030. The van der Waals surface area contributed by atoms with Crippen molar-refractivity contribution in [2.75, 3.05) is 13.2 Å². The van der Waals surface area contributed by atoms with E-state index in [1.165, 1.54) is 17.4 Å². The van der Waals surface area contributed by atoms with E-state index < -0.39 is 5.60 Å². The lowest BCUT2D eigenvalue weighted by Gasteiger charge is -2.14. The highest BCUT2D eigenvalue weighted by Crippen LogP contribution is 2.36. The zero-order chi connectivity index (χ0) is 21.6. The van der Waals surface area contributed by atoms with Gasteiger partial charge in [-0.2, -0.15) is 0 Å². The van der Waals surface area contributed by atoms with E-state index in [0.29, 0.717) is 23.9 Å². The predicted octanol–water partition coefficient (Wildman–Crippen LogP) is 4.90. The van der Waals surface area contributed by atoms with Crippen LogP contribution in [0.25, 0.3) is 16.5 Å². The normalized spacial score (nSPS) is 11.6. The van der Waals surface area contributed by atoms with Gasteiger partial charge in [-0.05, 0) is 67.4 Å². The Labute approximate surface area is 185 Å². The predicted molar refractivity (Wildman–Crippen MR) is 122 cm³/mol. The number of aliphatic hydroxyl groups is 1. The van der Waals surface area contributed by atoms with Crippen molar-refractivity contribution in [1.82, 2.24) is 10.3 Å². The topological polar surface area (TPSA) is 71.5 Å². The fourth-order valence-corrected chi connectivity index (χ4v) is 3.87. The molecule has 3 rings (SSSR count). The number of nitrogens with zero attached hydrogens (tertiary/aromatic N) is 1. The number of ether oxygens (including phenoxy) is 1. The quantitative estimate of drug-likeness (QED) is 0.384. The van der Waals surface area contributed by atoms with Gasteiger partial charge in [0.1, 0.15) is 12.4 Å². The molecule has 0 unspecified atom stereocenters. The molecule has 0 aliphatic rings. The number of halogens is 1. The van der Waals surface area contributed by atoms with Gasteiger partial charge >= 0.3 is 0 Å². The van der Waals surface area contributed by atoms with Crippen LogP contribution in [0.1, 0.15) is 24.3 Å². The second kappa shape index (κ2) is 9.89. The Morgan fingerprint density at radius 2 is 2.13 bits per heavy atom. The zero-order valence-corrected chi connectivity index (χ0v) is 18.3. The maximum absolute atomic E-state index is 11.9. The Morgan fingerprint density at radius 3 is 2.80 bits per heavy atom. The largest absolute Gasteiger partial charge is 0.490 e. The Kier molecular flexibility index (Phi) is 7.26. The van der Waals surface area contributed by atoms with E-state index in [4.69, 9.17) is 16.3 Å². The molecule has 0 aliphatic carbocycles. The zero-order valence-electron chi connectivity index (χ0n) is 16.8. The Morgan fingerprint density at radius 1 is 1.30 bits per heavy atom. The van der Waals surface area contributed by atoms with Crippen molar-refractivity contribution in [2.24, 2.45) is 0 Å². The summed E-state index contributed by atoms with van der Waals surface area (Å²) in [5.74, 6) is 0.351. The van der Waals surface area contributed by atoms with Crippen molar-refractivity contribution >= 4 is 34.9 Å². The van der Waals surface area contributed by atoms with Crippen LogP contribution in [0.5, 0.6) is 5.75 Å². The van der Waals surface area contributed by atoms with E-state index in [9.17, 15) is 9.90 Å². The van der Waals surface area contributed by atoms with Gasteiger partial charge in [-0.1, -0.05) is 17.7 Å². The number of carbonyl (C=O) groups is 1. The minimum absolute atomic E-state index is 0.204. The fourth-order valence-electron chi connectivity index (χ4n) is 2.63. The summed E-state index contributed by atoms with van der Waals surface area (Å²) < 4.78 is 5.68. The standard InChI is InChI=1S/C23H23ClN2O3S/c1-23(2,28)21-9-8-20(30-21)17-6-7-19(18(24)14-17)29-13-12-26-22(27)10-5-16-4-3-11-25-15-16/h3-11,14-15,28H,12-13H2,1-2H3,(H,26,27)/b10-5+. The third-order valence-corrected chi connectivity index (χ3v) is 5.94.